The van der Waals surface area contributed by atoms with Crippen molar-refractivity contribution in [1.82, 2.24) is 9.97 Å². The standard InChI is InChI=1S/C12H19ClN2O/c1-8(2)5-6-16-11-7-10(13)14-12(15-11)9(3)4/h7-9H,5-6H2,1-4H3. The minimum absolute atomic E-state index is 0.256. The van der Waals surface area contributed by atoms with Crippen LogP contribution in [0.4, 0.5) is 0 Å². The Morgan fingerprint density at radius 1 is 1.25 bits per heavy atom. The molecule has 0 atom stereocenters. The van der Waals surface area contributed by atoms with Crippen molar-refractivity contribution >= 4 is 11.6 Å². The van der Waals surface area contributed by atoms with Gasteiger partial charge in [0.25, 0.3) is 0 Å². The second-order valence-electron chi connectivity index (χ2n) is 4.57. The van der Waals surface area contributed by atoms with Crippen molar-refractivity contribution in [2.75, 3.05) is 6.61 Å². The first-order valence-electron chi connectivity index (χ1n) is 5.66. The highest BCUT2D eigenvalue weighted by Crippen LogP contribution is 2.18. The van der Waals surface area contributed by atoms with Gasteiger partial charge in [-0.15, -0.1) is 0 Å². The van der Waals surface area contributed by atoms with E-state index in [9.17, 15) is 0 Å². The van der Waals surface area contributed by atoms with Crippen molar-refractivity contribution in [2.45, 2.75) is 40.0 Å². The maximum absolute atomic E-state index is 5.90. The van der Waals surface area contributed by atoms with Crippen LogP contribution in [0.15, 0.2) is 6.07 Å². The van der Waals surface area contributed by atoms with Crippen LogP contribution >= 0.6 is 11.6 Å². The van der Waals surface area contributed by atoms with Crippen LogP contribution in [0.25, 0.3) is 0 Å². The number of ether oxygens (including phenoxy) is 1. The molecule has 16 heavy (non-hydrogen) atoms. The van der Waals surface area contributed by atoms with Crippen molar-refractivity contribution in [2.24, 2.45) is 5.92 Å². The lowest BCUT2D eigenvalue weighted by atomic mass is 10.1. The number of aromatic nitrogens is 2. The molecule has 0 radical (unpaired) electrons. The van der Waals surface area contributed by atoms with Gasteiger partial charge in [-0.05, 0) is 12.3 Å². The third-order valence-corrected chi connectivity index (χ3v) is 2.34. The molecular weight excluding hydrogens is 224 g/mol. The van der Waals surface area contributed by atoms with Gasteiger partial charge in [0.1, 0.15) is 11.0 Å². The average molecular weight is 243 g/mol. The fraction of sp³-hybridized carbons (Fsp3) is 0.667. The largest absolute Gasteiger partial charge is 0.478 e. The van der Waals surface area contributed by atoms with Gasteiger partial charge in [0.15, 0.2) is 0 Å². The lowest BCUT2D eigenvalue weighted by Crippen LogP contribution is -2.05. The molecule has 90 valence electrons. The molecule has 0 unspecified atom stereocenters. The Labute approximate surface area is 102 Å². The van der Waals surface area contributed by atoms with E-state index in [1.54, 1.807) is 6.07 Å². The maximum atomic E-state index is 5.90. The summed E-state index contributed by atoms with van der Waals surface area (Å²) in [5.41, 5.74) is 0. The van der Waals surface area contributed by atoms with E-state index in [1.165, 1.54) is 0 Å². The van der Waals surface area contributed by atoms with Gasteiger partial charge >= 0.3 is 0 Å². The minimum atomic E-state index is 0.256. The molecule has 0 aliphatic carbocycles. The van der Waals surface area contributed by atoms with Crippen LogP contribution < -0.4 is 4.74 Å². The topological polar surface area (TPSA) is 35.0 Å². The molecule has 0 aliphatic heterocycles. The molecule has 3 nitrogen and oxygen atoms in total. The Hall–Kier alpha value is -0.830. The zero-order valence-corrected chi connectivity index (χ0v) is 11.1. The zero-order valence-electron chi connectivity index (χ0n) is 10.3. The molecule has 0 spiro atoms. The first-order valence-corrected chi connectivity index (χ1v) is 6.04. The first kappa shape index (κ1) is 13.2. The Balaban J connectivity index is 2.65. The van der Waals surface area contributed by atoms with E-state index < -0.39 is 0 Å². The smallest absolute Gasteiger partial charge is 0.218 e. The molecule has 0 N–H and O–H groups in total. The van der Waals surface area contributed by atoms with E-state index in [4.69, 9.17) is 16.3 Å². The molecular formula is C12H19ClN2O. The second kappa shape index (κ2) is 6.04. The van der Waals surface area contributed by atoms with Crippen LogP contribution in [-0.2, 0) is 0 Å². The molecule has 0 bridgehead atoms. The van der Waals surface area contributed by atoms with Gasteiger partial charge in [-0.25, -0.2) is 4.98 Å². The number of rotatable bonds is 5. The van der Waals surface area contributed by atoms with Crippen molar-refractivity contribution in [3.05, 3.63) is 17.0 Å². The van der Waals surface area contributed by atoms with E-state index >= 15 is 0 Å². The molecule has 1 rings (SSSR count). The molecule has 1 aromatic rings. The normalized spacial score (nSPS) is 11.2. The van der Waals surface area contributed by atoms with Crippen LogP contribution in [0.5, 0.6) is 5.88 Å². The summed E-state index contributed by atoms with van der Waals surface area (Å²) in [5.74, 6) is 2.18. The average Bonchev–Trinajstić information content (AvgIpc) is 2.16. The molecule has 0 aliphatic rings. The minimum Gasteiger partial charge on any atom is -0.478 e. The fourth-order valence-electron chi connectivity index (χ4n) is 1.15. The maximum Gasteiger partial charge on any atom is 0.218 e. The van der Waals surface area contributed by atoms with Gasteiger partial charge in [0.05, 0.1) is 6.61 Å². The highest BCUT2D eigenvalue weighted by molar-refractivity contribution is 6.29. The summed E-state index contributed by atoms with van der Waals surface area (Å²) in [6.07, 6.45) is 1.01. The fourth-order valence-corrected chi connectivity index (χ4v) is 1.33. The van der Waals surface area contributed by atoms with Crippen molar-refractivity contribution in [3.63, 3.8) is 0 Å². The predicted molar refractivity (Wildman–Crippen MR) is 66.1 cm³/mol. The van der Waals surface area contributed by atoms with Crippen LogP contribution in [0.3, 0.4) is 0 Å². The highest BCUT2D eigenvalue weighted by Gasteiger charge is 2.07. The third kappa shape index (κ3) is 4.35. The van der Waals surface area contributed by atoms with Crippen molar-refractivity contribution in [3.8, 4) is 5.88 Å². The van der Waals surface area contributed by atoms with E-state index in [0.29, 0.717) is 23.6 Å². The lowest BCUT2D eigenvalue weighted by Gasteiger charge is -2.10. The van der Waals surface area contributed by atoms with E-state index in [2.05, 4.69) is 23.8 Å². The summed E-state index contributed by atoms with van der Waals surface area (Å²) in [4.78, 5) is 8.46. The zero-order chi connectivity index (χ0) is 12.1. The molecule has 0 aromatic carbocycles. The van der Waals surface area contributed by atoms with E-state index in [-0.39, 0.29) is 5.92 Å². The number of nitrogens with zero attached hydrogens (tertiary/aromatic N) is 2. The van der Waals surface area contributed by atoms with Crippen LogP contribution in [0, 0.1) is 5.92 Å². The number of halogens is 1. The van der Waals surface area contributed by atoms with Crippen LogP contribution in [0.1, 0.15) is 45.9 Å². The summed E-state index contributed by atoms with van der Waals surface area (Å²) in [6, 6.07) is 1.66. The quantitative estimate of drug-likeness (QED) is 0.739. The summed E-state index contributed by atoms with van der Waals surface area (Å²) >= 11 is 5.90. The molecule has 1 heterocycles. The third-order valence-electron chi connectivity index (χ3n) is 2.15. The molecule has 1 aromatic heterocycles. The number of hydrogen-bond donors (Lipinski definition) is 0. The van der Waals surface area contributed by atoms with E-state index in [0.717, 1.165) is 12.2 Å². The van der Waals surface area contributed by atoms with Crippen molar-refractivity contribution in [1.29, 1.82) is 0 Å². The van der Waals surface area contributed by atoms with Crippen molar-refractivity contribution < 1.29 is 4.74 Å². The van der Waals surface area contributed by atoms with Gasteiger partial charge < -0.3 is 4.74 Å². The summed E-state index contributed by atoms with van der Waals surface area (Å²) in [5, 5.41) is 0.443. The summed E-state index contributed by atoms with van der Waals surface area (Å²) < 4.78 is 5.55. The second-order valence-corrected chi connectivity index (χ2v) is 4.96. The molecule has 0 fully saturated rings. The van der Waals surface area contributed by atoms with Gasteiger partial charge in [0.2, 0.25) is 5.88 Å². The Bertz CT molecular complexity index is 340. The highest BCUT2D eigenvalue weighted by atomic mass is 35.5. The van der Waals surface area contributed by atoms with Gasteiger partial charge in [-0.3, -0.25) is 0 Å². The Morgan fingerprint density at radius 3 is 2.50 bits per heavy atom. The first-order chi connectivity index (χ1) is 7.49. The van der Waals surface area contributed by atoms with Crippen LogP contribution in [-0.4, -0.2) is 16.6 Å². The molecule has 0 saturated heterocycles. The number of hydrogen-bond acceptors (Lipinski definition) is 3. The SMILES string of the molecule is CC(C)CCOc1cc(Cl)nc(C(C)C)n1. The van der Waals surface area contributed by atoms with Crippen LogP contribution in [0.2, 0.25) is 5.15 Å². The Kier molecular flexibility index (Phi) is 5.00. The van der Waals surface area contributed by atoms with Gasteiger partial charge in [-0.2, -0.15) is 4.98 Å². The molecule has 0 saturated carbocycles. The monoisotopic (exact) mass is 242 g/mol. The lowest BCUT2D eigenvalue weighted by molar-refractivity contribution is 0.277. The summed E-state index contributed by atoms with van der Waals surface area (Å²) in [7, 11) is 0. The predicted octanol–water partition coefficient (Wildman–Crippen LogP) is 3.68. The van der Waals surface area contributed by atoms with Gasteiger partial charge in [0, 0.05) is 12.0 Å². The molecule has 4 heteroatoms. The van der Waals surface area contributed by atoms with Gasteiger partial charge in [-0.1, -0.05) is 39.3 Å². The summed E-state index contributed by atoms with van der Waals surface area (Å²) in [6.45, 7) is 9.06. The molecule has 0 amide bonds. The van der Waals surface area contributed by atoms with E-state index in [1.807, 2.05) is 13.8 Å². The Morgan fingerprint density at radius 2 is 1.94 bits per heavy atom.